The van der Waals surface area contributed by atoms with Gasteiger partial charge in [0.15, 0.2) is 29.6 Å². The number of anilines is 1. The molecule has 3 rings (SSSR count). The predicted molar refractivity (Wildman–Crippen MR) is 98.9 cm³/mol. The third-order valence-electron chi connectivity index (χ3n) is 3.62. The van der Waals surface area contributed by atoms with Gasteiger partial charge in [-0.05, 0) is 37.3 Å². The van der Waals surface area contributed by atoms with Crippen molar-refractivity contribution >= 4 is 17.8 Å². The third-order valence-corrected chi connectivity index (χ3v) is 3.62. The Morgan fingerprint density at radius 2 is 2.04 bits per heavy atom. The molecule has 0 fully saturated rings. The molecule has 1 amide bonds. The van der Waals surface area contributed by atoms with Crippen LogP contribution in [0.3, 0.4) is 0 Å². The minimum Gasteiger partial charge on any atom is -0.493 e. The van der Waals surface area contributed by atoms with Crippen molar-refractivity contribution in [2.24, 2.45) is 5.16 Å². The highest BCUT2D eigenvalue weighted by Crippen LogP contribution is 2.34. The van der Waals surface area contributed by atoms with Crippen molar-refractivity contribution in [2.45, 2.75) is 6.92 Å². The summed E-state index contributed by atoms with van der Waals surface area (Å²) in [6, 6.07) is 10.5. The molecule has 2 aromatic rings. The highest BCUT2D eigenvalue weighted by atomic mass is 16.7. The second kappa shape index (κ2) is 8.79. The molecular weight excluding hydrogens is 352 g/mol. The quantitative estimate of drug-likeness (QED) is 0.566. The van der Waals surface area contributed by atoms with Crippen LogP contribution in [0.25, 0.3) is 0 Å². The van der Waals surface area contributed by atoms with Gasteiger partial charge in [0.1, 0.15) is 0 Å². The molecule has 27 heavy (non-hydrogen) atoms. The van der Waals surface area contributed by atoms with Crippen LogP contribution >= 0.6 is 0 Å². The lowest BCUT2D eigenvalue weighted by Gasteiger charge is -2.09. The van der Waals surface area contributed by atoms with Gasteiger partial charge in [0, 0.05) is 17.3 Å². The Labute approximate surface area is 156 Å². The number of oxime groups is 1. The Balaban J connectivity index is 1.49. The van der Waals surface area contributed by atoms with Gasteiger partial charge in [-0.25, -0.2) is 0 Å². The van der Waals surface area contributed by atoms with E-state index in [1.54, 1.807) is 37.4 Å². The van der Waals surface area contributed by atoms with Crippen LogP contribution in [0, 0.1) is 0 Å². The zero-order chi connectivity index (χ0) is 19.1. The van der Waals surface area contributed by atoms with Crippen molar-refractivity contribution in [3.05, 3.63) is 42.0 Å². The summed E-state index contributed by atoms with van der Waals surface area (Å²) in [4.78, 5) is 17.0. The molecule has 1 N–H and O–H groups in total. The molecule has 8 heteroatoms. The van der Waals surface area contributed by atoms with Crippen molar-refractivity contribution in [2.75, 3.05) is 32.4 Å². The highest BCUT2D eigenvalue weighted by Gasteiger charge is 2.14. The van der Waals surface area contributed by atoms with Crippen LogP contribution in [0.15, 0.2) is 41.6 Å². The lowest BCUT2D eigenvalue weighted by molar-refractivity contribution is -0.120. The lowest BCUT2D eigenvalue weighted by Crippen LogP contribution is -2.16. The minimum atomic E-state index is -0.338. The van der Waals surface area contributed by atoms with Crippen LogP contribution in [-0.2, 0) is 9.63 Å². The summed E-state index contributed by atoms with van der Waals surface area (Å²) in [6.07, 6.45) is 1.49. The molecule has 0 radical (unpaired) electrons. The van der Waals surface area contributed by atoms with Crippen molar-refractivity contribution in [3.63, 3.8) is 0 Å². The van der Waals surface area contributed by atoms with Crippen LogP contribution < -0.4 is 24.3 Å². The summed E-state index contributed by atoms with van der Waals surface area (Å²) in [5, 5.41) is 6.51. The van der Waals surface area contributed by atoms with Crippen LogP contribution in [0.2, 0.25) is 0 Å². The molecular formula is C19H20N2O6. The van der Waals surface area contributed by atoms with Crippen molar-refractivity contribution in [3.8, 4) is 23.0 Å². The fourth-order valence-electron chi connectivity index (χ4n) is 2.40. The number of carbonyl (C=O) groups is 1. The zero-order valence-corrected chi connectivity index (χ0v) is 15.1. The number of rotatable bonds is 8. The Morgan fingerprint density at radius 1 is 1.19 bits per heavy atom. The van der Waals surface area contributed by atoms with Gasteiger partial charge in [-0.15, -0.1) is 0 Å². The fraction of sp³-hybridized carbons (Fsp3) is 0.263. The molecule has 0 bridgehead atoms. The highest BCUT2D eigenvalue weighted by molar-refractivity contribution is 5.92. The SMILES string of the molecule is CCOc1ccc(/C=N/OCC(=O)Nc2ccc3c(c2)OCO3)cc1OC. The van der Waals surface area contributed by atoms with E-state index in [1.165, 1.54) is 6.21 Å². The third kappa shape index (κ3) is 4.81. The maximum atomic E-state index is 11.9. The molecule has 0 aromatic heterocycles. The van der Waals surface area contributed by atoms with Gasteiger partial charge in [-0.2, -0.15) is 0 Å². The van der Waals surface area contributed by atoms with Crippen molar-refractivity contribution in [1.29, 1.82) is 0 Å². The number of amides is 1. The van der Waals surface area contributed by atoms with E-state index in [9.17, 15) is 4.79 Å². The molecule has 142 valence electrons. The van der Waals surface area contributed by atoms with E-state index in [4.69, 9.17) is 23.8 Å². The molecule has 1 heterocycles. The summed E-state index contributed by atoms with van der Waals surface area (Å²) >= 11 is 0. The first-order valence-corrected chi connectivity index (χ1v) is 8.35. The summed E-state index contributed by atoms with van der Waals surface area (Å²) < 4.78 is 21.2. The number of ether oxygens (including phenoxy) is 4. The van der Waals surface area contributed by atoms with E-state index in [1.807, 2.05) is 13.0 Å². The van der Waals surface area contributed by atoms with Crippen LogP contribution in [0.5, 0.6) is 23.0 Å². The van der Waals surface area contributed by atoms with Gasteiger partial charge in [0.2, 0.25) is 6.79 Å². The number of fused-ring (bicyclic) bond motifs is 1. The maximum Gasteiger partial charge on any atom is 0.265 e. The Morgan fingerprint density at radius 3 is 2.85 bits per heavy atom. The average molecular weight is 372 g/mol. The lowest BCUT2D eigenvalue weighted by atomic mass is 10.2. The molecule has 0 saturated heterocycles. The van der Waals surface area contributed by atoms with E-state index in [-0.39, 0.29) is 19.3 Å². The Kier molecular flexibility index (Phi) is 5.98. The van der Waals surface area contributed by atoms with Crippen LogP contribution in [0.4, 0.5) is 5.69 Å². The molecule has 0 spiro atoms. The smallest absolute Gasteiger partial charge is 0.265 e. The summed E-state index contributed by atoms with van der Waals surface area (Å²) in [5.41, 5.74) is 1.35. The molecule has 1 aliphatic rings. The summed E-state index contributed by atoms with van der Waals surface area (Å²) in [5.74, 6) is 2.16. The number of hydrogen-bond acceptors (Lipinski definition) is 7. The monoisotopic (exact) mass is 372 g/mol. The maximum absolute atomic E-state index is 11.9. The van der Waals surface area contributed by atoms with Gasteiger partial charge in [0.25, 0.3) is 5.91 Å². The molecule has 0 saturated carbocycles. The number of nitrogens with zero attached hydrogens (tertiary/aromatic N) is 1. The van der Waals surface area contributed by atoms with Crippen molar-refractivity contribution in [1.82, 2.24) is 0 Å². The zero-order valence-electron chi connectivity index (χ0n) is 15.1. The van der Waals surface area contributed by atoms with Gasteiger partial charge in [-0.3, -0.25) is 4.79 Å². The predicted octanol–water partition coefficient (Wildman–Crippen LogP) is 2.81. The molecule has 2 aromatic carbocycles. The first kappa shape index (κ1) is 18.4. The molecule has 8 nitrogen and oxygen atoms in total. The van der Waals surface area contributed by atoms with E-state index >= 15 is 0 Å². The first-order valence-electron chi connectivity index (χ1n) is 8.35. The van der Waals surface area contributed by atoms with E-state index < -0.39 is 0 Å². The standard InChI is InChI=1S/C19H20N2O6/c1-3-24-15-6-4-13(8-17(15)23-2)10-20-27-11-19(22)21-14-5-7-16-18(9-14)26-12-25-16/h4-10H,3,11-12H2,1-2H3,(H,21,22)/b20-10+. The normalized spacial score (nSPS) is 12.1. The minimum absolute atomic E-state index is 0.181. The van der Waals surface area contributed by atoms with E-state index in [0.29, 0.717) is 35.3 Å². The number of carbonyl (C=O) groups excluding carboxylic acids is 1. The fourth-order valence-corrected chi connectivity index (χ4v) is 2.40. The second-order valence-electron chi connectivity index (χ2n) is 5.47. The number of hydrogen-bond donors (Lipinski definition) is 1. The number of benzene rings is 2. The molecule has 0 aliphatic carbocycles. The van der Waals surface area contributed by atoms with Crippen LogP contribution in [0.1, 0.15) is 12.5 Å². The van der Waals surface area contributed by atoms with E-state index in [0.717, 1.165) is 5.56 Å². The number of nitrogens with one attached hydrogen (secondary N) is 1. The first-order chi connectivity index (χ1) is 13.2. The topological polar surface area (TPSA) is 87.6 Å². The molecule has 1 aliphatic heterocycles. The Bertz CT molecular complexity index is 837. The largest absolute Gasteiger partial charge is 0.493 e. The van der Waals surface area contributed by atoms with Crippen molar-refractivity contribution < 1.29 is 28.6 Å². The van der Waals surface area contributed by atoms with Gasteiger partial charge in [0.05, 0.1) is 19.9 Å². The van der Waals surface area contributed by atoms with E-state index in [2.05, 4.69) is 10.5 Å². The Hall–Kier alpha value is -3.42. The number of methoxy groups -OCH3 is 1. The average Bonchev–Trinajstić information content (AvgIpc) is 3.14. The van der Waals surface area contributed by atoms with Gasteiger partial charge < -0.3 is 29.1 Å². The summed E-state index contributed by atoms with van der Waals surface area (Å²) in [6.45, 7) is 2.41. The van der Waals surface area contributed by atoms with Crippen LogP contribution in [-0.4, -0.2) is 39.2 Å². The summed E-state index contributed by atoms with van der Waals surface area (Å²) in [7, 11) is 1.57. The molecule has 0 atom stereocenters. The van der Waals surface area contributed by atoms with Gasteiger partial charge >= 0.3 is 0 Å². The van der Waals surface area contributed by atoms with Gasteiger partial charge in [-0.1, -0.05) is 5.16 Å². The molecule has 0 unspecified atom stereocenters. The second-order valence-corrected chi connectivity index (χ2v) is 5.47.